The number of hydrogen-bond acceptors (Lipinski definition) is 10. The number of carbonyl (C=O) groups is 3. The van der Waals surface area contributed by atoms with Crippen LogP contribution >= 0.6 is 11.3 Å². The normalized spacial score (nSPS) is 21.9. The van der Waals surface area contributed by atoms with Gasteiger partial charge in [0.1, 0.15) is 46.0 Å². The lowest BCUT2D eigenvalue weighted by Crippen LogP contribution is -2.54. The number of esters is 1. The third kappa shape index (κ3) is 7.56. The van der Waals surface area contributed by atoms with Gasteiger partial charge in [0.15, 0.2) is 0 Å². The predicted octanol–water partition coefficient (Wildman–Crippen LogP) is 5.88. The highest BCUT2D eigenvalue weighted by molar-refractivity contribution is 7.13. The summed E-state index contributed by atoms with van der Waals surface area (Å²) >= 11 is 1.50. The number of aromatic nitrogens is 2. The van der Waals surface area contributed by atoms with Crippen LogP contribution in [0.5, 0.6) is 11.5 Å². The van der Waals surface area contributed by atoms with Crippen LogP contribution in [0, 0.1) is 12.8 Å². The summed E-state index contributed by atoms with van der Waals surface area (Å²) in [5, 5.41) is 17.4. The van der Waals surface area contributed by atoms with E-state index in [0.717, 1.165) is 40.9 Å². The number of aliphatic hydroxyl groups excluding tert-OH is 1. The first kappa shape index (κ1) is 37.0. The van der Waals surface area contributed by atoms with Crippen LogP contribution in [0.3, 0.4) is 0 Å². The number of aliphatic hydroxyl groups is 1. The number of pyridine rings is 1. The molecule has 2 N–H and O–H groups in total. The van der Waals surface area contributed by atoms with Gasteiger partial charge in [-0.2, -0.15) is 0 Å². The molecule has 50 heavy (non-hydrogen) atoms. The highest BCUT2D eigenvalue weighted by Crippen LogP contribution is 2.46. The molecule has 2 unspecified atom stereocenters. The smallest absolute Gasteiger partial charge is 0.332 e. The minimum Gasteiger partial charge on any atom is -0.496 e. The summed E-state index contributed by atoms with van der Waals surface area (Å²) in [5.74, 6) is -0.458. The van der Waals surface area contributed by atoms with Crippen molar-refractivity contribution in [3.8, 4) is 22.2 Å². The van der Waals surface area contributed by atoms with Gasteiger partial charge in [0.2, 0.25) is 5.91 Å². The number of aryl methyl sites for hydroxylation is 1. The zero-order chi connectivity index (χ0) is 36.2. The second-order valence-electron chi connectivity index (χ2n) is 13.4. The van der Waals surface area contributed by atoms with E-state index in [2.05, 4.69) is 32.3 Å². The molecule has 5 atom stereocenters. The first-order valence-electron chi connectivity index (χ1n) is 17.2. The molecule has 2 fully saturated rings. The number of fused-ring (bicyclic) bond motifs is 1. The Morgan fingerprint density at radius 3 is 2.58 bits per heavy atom. The molecule has 0 bridgehead atoms. The second kappa shape index (κ2) is 15.7. The largest absolute Gasteiger partial charge is 0.496 e. The molecule has 1 aliphatic heterocycles. The number of nitrogens with zero attached hydrogens (tertiary/aromatic N) is 3. The zero-order valence-electron chi connectivity index (χ0n) is 29.6. The van der Waals surface area contributed by atoms with E-state index >= 15 is 0 Å². The van der Waals surface area contributed by atoms with Gasteiger partial charge >= 0.3 is 5.97 Å². The molecule has 11 nitrogen and oxygen atoms in total. The molecule has 12 heteroatoms. The Hall–Kier alpha value is -4.29. The minimum atomic E-state index is -1.28. The van der Waals surface area contributed by atoms with Gasteiger partial charge in [-0.25, -0.2) is 14.8 Å². The quantitative estimate of drug-likeness (QED) is 0.106. The number of benzene rings is 1. The van der Waals surface area contributed by atoms with Crippen molar-refractivity contribution in [2.75, 3.05) is 20.8 Å². The molecule has 2 aromatic heterocycles. The van der Waals surface area contributed by atoms with Gasteiger partial charge in [-0.1, -0.05) is 38.8 Å². The molecule has 0 radical (unpaired) electrons. The summed E-state index contributed by atoms with van der Waals surface area (Å²) in [4.78, 5) is 51.7. The fraction of sp³-hybridized carbons (Fsp3) is 0.500. The van der Waals surface area contributed by atoms with Crippen molar-refractivity contribution in [3.63, 3.8) is 0 Å². The fourth-order valence-corrected chi connectivity index (χ4v) is 7.58. The van der Waals surface area contributed by atoms with Crippen molar-refractivity contribution >= 4 is 40.0 Å². The third-order valence-corrected chi connectivity index (χ3v) is 10.6. The van der Waals surface area contributed by atoms with E-state index in [9.17, 15) is 19.5 Å². The lowest BCUT2D eigenvalue weighted by atomic mass is 10.1. The summed E-state index contributed by atoms with van der Waals surface area (Å²) in [5.41, 5.74) is 1.89. The van der Waals surface area contributed by atoms with Crippen LogP contribution in [0.4, 0.5) is 0 Å². The number of hydrogen-bond donors (Lipinski definition) is 2. The molecular formula is C38H48N4O7S. The van der Waals surface area contributed by atoms with Crippen molar-refractivity contribution in [3.05, 3.63) is 60.1 Å². The van der Waals surface area contributed by atoms with Gasteiger partial charge in [0.05, 0.1) is 32.0 Å². The molecule has 3 aromatic rings. The van der Waals surface area contributed by atoms with Crippen molar-refractivity contribution in [2.45, 2.75) is 95.4 Å². The Morgan fingerprint density at radius 1 is 1.16 bits per heavy atom. The molecule has 1 aromatic carbocycles. The molecule has 1 saturated carbocycles. The number of amides is 2. The average Bonchev–Trinajstić information content (AvgIpc) is 3.40. The van der Waals surface area contributed by atoms with Crippen molar-refractivity contribution in [2.24, 2.45) is 5.92 Å². The number of thiazole rings is 1. The van der Waals surface area contributed by atoms with Crippen LogP contribution in [0.2, 0.25) is 0 Å². The summed E-state index contributed by atoms with van der Waals surface area (Å²) in [6, 6.07) is 4.60. The Morgan fingerprint density at radius 2 is 1.94 bits per heavy atom. The summed E-state index contributed by atoms with van der Waals surface area (Å²) < 4.78 is 17.3. The first-order valence-corrected chi connectivity index (χ1v) is 18.1. The Labute approximate surface area is 297 Å². The van der Waals surface area contributed by atoms with Crippen molar-refractivity contribution in [1.82, 2.24) is 20.2 Å². The maximum atomic E-state index is 14.0. The van der Waals surface area contributed by atoms with Crippen LogP contribution in [0.25, 0.3) is 21.6 Å². The average molecular weight is 705 g/mol. The lowest BCUT2D eigenvalue weighted by molar-refractivity contribution is -0.149. The first-order chi connectivity index (χ1) is 24.0. The number of carbonyl (C=O) groups excluding carboxylic acids is 3. The van der Waals surface area contributed by atoms with Gasteiger partial charge < -0.3 is 29.5 Å². The van der Waals surface area contributed by atoms with Crippen molar-refractivity contribution in [1.29, 1.82) is 0 Å². The van der Waals surface area contributed by atoms with Crippen LogP contribution in [0.1, 0.15) is 76.0 Å². The Balaban J connectivity index is 1.46. The fourth-order valence-electron chi connectivity index (χ4n) is 6.64. The maximum Gasteiger partial charge on any atom is 0.332 e. The van der Waals surface area contributed by atoms with Crippen molar-refractivity contribution < 1.29 is 33.7 Å². The molecular weight excluding hydrogens is 657 g/mol. The number of methoxy groups -OCH3 is 2. The van der Waals surface area contributed by atoms with Gasteiger partial charge in [-0.15, -0.1) is 24.5 Å². The topological polar surface area (TPSA) is 140 Å². The molecule has 5 rings (SSSR count). The zero-order valence-corrected chi connectivity index (χ0v) is 30.4. The van der Waals surface area contributed by atoms with E-state index in [1.165, 1.54) is 23.3 Å². The highest BCUT2D eigenvalue weighted by atomic mass is 32.1. The van der Waals surface area contributed by atoms with E-state index < -0.39 is 41.6 Å². The molecule has 0 spiro atoms. The van der Waals surface area contributed by atoms with Crippen LogP contribution in [0.15, 0.2) is 48.9 Å². The van der Waals surface area contributed by atoms with Gasteiger partial charge in [0, 0.05) is 34.7 Å². The molecule has 268 valence electrons. The van der Waals surface area contributed by atoms with E-state index in [1.807, 2.05) is 36.6 Å². The molecule has 3 heterocycles. The number of ether oxygens (including phenoxy) is 3. The number of likely N-dealkylation sites (tertiary alicyclic amines) is 1. The SMILES string of the molecule is C=CCCCCCC(O)C(=O)N1C[C@H](Oc2cc(-c3nc(C(C)C)cs3)nc3c(C)c(OC)ccc23)C[C@H]1C(=O)NC1(C(=O)OC)C[C@H]1C=C. The van der Waals surface area contributed by atoms with Crippen LogP contribution < -0.4 is 14.8 Å². The van der Waals surface area contributed by atoms with Gasteiger partial charge in [-0.05, 0) is 50.7 Å². The van der Waals surface area contributed by atoms with Crippen LogP contribution in [-0.4, -0.2) is 82.3 Å². The monoisotopic (exact) mass is 704 g/mol. The second-order valence-corrected chi connectivity index (χ2v) is 14.3. The standard InChI is InChI=1S/C38H48N4O7S/c1-8-10-11-12-13-14-30(43)36(45)42-20-25(17-29(42)34(44)41-38(37(46)48-7)19-24(38)9-2)49-32-18-27(35-40-28(21-50-35)22(3)4)39-33-23(5)31(47-6)16-15-26(32)33/h8-9,15-16,18,21-22,24-25,29-30,43H,1-2,10-14,17,19-20H2,3-7H3,(H,41,44)/t24-,25-,29+,30?,38?/m1/s1. The number of unbranched alkanes of at least 4 members (excludes halogenated alkanes) is 3. The summed E-state index contributed by atoms with van der Waals surface area (Å²) in [7, 11) is 2.88. The summed E-state index contributed by atoms with van der Waals surface area (Å²) in [6.07, 6.45) is 5.61. The Bertz CT molecular complexity index is 1760. The Kier molecular flexibility index (Phi) is 11.6. The maximum absolute atomic E-state index is 14.0. The van der Waals surface area contributed by atoms with E-state index in [1.54, 1.807) is 13.2 Å². The minimum absolute atomic E-state index is 0.0591. The highest BCUT2D eigenvalue weighted by Gasteiger charge is 2.62. The van der Waals surface area contributed by atoms with E-state index in [-0.39, 0.29) is 31.2 Å². The van der Waals surface area contributed by atoms with E-state index in [0.29, 0.717) is 35.6 Å². The number of allylic oxidation sites excluding steroid dienone is 1. The third-order valence-electron chi connectivity index (χ3n) is 9.71. The molecule has 2 aliphatic rings. The molecule has 1 aliphatic carbocycles. The van der Waals surface area contributed by atoms with Gasteiger partial charge in [-0.3, -0.25) is 9.59 Å². The van der Waals surface area contributed by atoms with Gasteiger partial charge in [0.25, 0.3) is 5.91 Å². The molecule has 1 saturated heterocycles. The lowest BCUT2D eigenvalue weighted by Gasteiger charge is -2.27. The number of rotatable bonds is 16. The van der Waals surface area contributed by atoms with E-state index in [4.69, 9.17) is 24.2 Å². The summed E-state index contributed by atoms with van der Waals surface area (Å²) in [6.45, 7) is 13.7. The molecule has 2 amide bonds. The van der Waals surface area contributed by atoms with Crippen LogP contribution in [-0.2, 0) is 19.1 Å². The number of nitrogens with one attached hydrogen (secondary N) is 1. The predicted molar refractivity (Wildman–Crippen MR) is 193 cm³/mol.